The number of ether oxygens (including phenoxy) is 1. The van der Waals surface area contributed by atoms with Gasteiger partial charge in [-0.1, -0.05) is 46.3 Å². The summed E-state index contributed by atoms with van der Waals surface area (Å²) in [5.74, 6) is -0.853. The van der Waals surface area contributed by atoms with Crippen LogP contribution in [0.15, 0.2) is 30.3 Å². The Balaban J connectivity index is 1.60. The summed E-state index contributed by atoms with van der Waals surface area (Å²) < 4.78 is 7.04. The molecule has 0 aromatic heterocycles. The van der Waals surface area contributed by atoms with E-state index < -0.39 is 5.92 Å². The Labute approximate surface area is 165 Å². The van der Waals surface area contributed by atoms with Crippen molar-refractivity contribution in [2.45, 2.75) is 62.6 Å². The highest BCUT2D eigenvalue weighted by Gasteiger charge is 2.52. The van der Waals surface area contributed by atoms with Gasteiger partial charge in [0.2, 0.25) is 0 Å². The standard InChI is InChI=1S/C21H31BrNO3/c1-23(12-6-5-11-22)17-9-10-18(23)14-19(13-17)26-21(25)20(15-24)16-7-3-2-4-8-16/h2-4,7-8,17-20,24H,5-6,9-15H2,1H3/q+1/t17-,18+,19?,20-,23?/m1/s1. The molecule has 1 aromatic carbocycles. The monoisotopic (exact) mass is 424 g/mol. The molecule has 2 aliphatic heterocycles. The molecule has 5 atom stereocenters. The predicted octanol–water partition coefficient (Wildman–Crippen LogP) is 3.62. The van der Waals surface area contributed by atoms with E-state index in [0.717, 1.165) is 28.2 Å². The summed E-state index contributed by atoms with van der Waals surface area (Å²) in [6, 6.07) is 10.7. The number of aliphatic hydroxyl groups excluding tert-OH is 1. The maximum atomic E-state index is 12.7. The molecular formula is C21H31BrNO3+. The largest absolute Gasteiger partial charge is 0.461 e. The van der Waals surface area contributed by atoms with Gasteiger partial charge >= 0.3 is 5.97 Å². The fourth-order valence-corrected chi connectivity index (χ4v) is 5.35. The lowest BCUT2D eigenvalue weighted by Crippen LogP contribution is -2.59. The molecule has 0 radical (unpaired) electrons. The van der Waals surface area contributed by atoms with Crippen molar-refractivity contribution in [3.8, 4) is 0 Å². The minimum Gasteiger partial charge on any atom is -0.461 e. The number of hydrogen-bond acceptors (Lipinski definition) is 3. The summed E-state index contributed by atoms with van der Waals surface area (Å²) >= 11 is 3.53. The molecule has 144 valence electrons. The van der Waals surface area contributed by atoms with Gasteiger partial charge in [0.1, 0.15) is 12.0 Å². The second-order valence-electron chi connectivity index (χ2n) is 8.03. The molecule has 2 aliphatic rings. The first-order chi connectivity index (χ1) is 12.6. The van der Waals surface area contributed by atoms with Crippen LogP contribution in [0.3, 0.4) is 0 Å². The van der Waals surface area contributed by atoms with Gasteiger partial charge < -0.3 is 14.3 Å². The number of quaternary nitrogens is 1. The number of carbonyl (C=O) groups is 1. The van der Waals surface area contributed by atoms with Gasteiger partial charge in [-0.15, -0.1) is 0 Å². The number of halogens is 1. The molecule has 4 nitrogen and oxygen atoms in total. The van der Waals surface area contributed by atoms with Crippen molar-refractivity contribution in [1.82, 2.24) is 0 Å². The lowest BCUT2D eigenvalue weighted by molar-refractivity contribution is -0.949. The Kier molecular flexibility index (Phi) is 6.76. The Morgan fingerprint density at radius 3 is 2.46 bits per heavy atom. The molecule has 26 heavy (non-hydrogen) atoms. The molecule has 1 N–H and O–H groups in total. The third-order valence-electron chi connectivity index (χ3n) is 6.55. The highest BCUT2D eigenvalue weighted by Crippen LogP contribution is 2.42. The van der Waals surface area contributed by atoms with Gasteiger partial charge in [0.15, 0.2) is 0 Å². The summed E-state index contributed by atoms with van der Waals surface area (Å²) in [4.78, 5) is 12.7. The summed E-state index contributed by atoms with van der Waals surface area (Å²) in [6.45, 7) is 1.02. The highest BCUT2D eigenvalue weighted by molar-refractivity contribution is 9.09. The molecule has 2 fully saturated rings. The number of rotatable bonds is 8. The second kappa shape index (κ2) is 8.85. The van der Waals surface area contributed by atoms with E-state index in [0.29, 0.717) is 12.1 Å². The quantitative estimate of drug-likeness (QED) is 0.300. The topological polar surface area (TPSA) is 46.5 Å². The molecule has 0 amide bonds. The van der Waals surface area contributed by atoms with Crippen LogP contribution in [0.25, 0.3) is 0 Å². The van der Waals surface area contributed by atoms with Gasteiger partial charge in [-0.3, -0.25) is 4.79 Å². The first-order valence-corrected chi connectivity index (χ1v) is 11.0. The lowest BCUT2D eigenvalue weighted by Gasteiger charge is -2.47. The van der Waals surface area contributed by atoms with Crippen molar-refractivity contribution in [2.24, 2.45) is 0 Å². The molecule has 2 saturated heterocycles. The zero-order valence-electron chi connectivity index (χ0n) is 15.6. The number of fused-ring (bicyclic) bond motifs is 2. The molecule has 0 saturated carbocycles. The third-order valence-corrected chi connectivity index (χ3v) is 7.11. The zero-order chi connectivity index (χ0) is 18.6. The number of piperidine rings is 1. The predicted molar refractivity (Wildman–Crippen MR) is 106 cm³/mol. The number of hydrogen-bond donors (Lipinski definition) is 1. The Morgan fingerprint density at radius 1 is 1.23 bits per heavy atom. The fraction of sp³-hybridized carbons (Fsp3) is 0.667. The summed E-state index contributed by atoms with van der Waals surface area (Å²) in [5, 5.41) is 10.8. The number of carbonyl (C=O) groups excluding carboxylic acids is 1. The van der Waals surface area contributed by atoms with E-state index in [1.54, 1.807) is 0 Å². The average molecular weight is 425 g/mol. The number of unbranched alkanes of at least 4 members (excludes halogenated alkanes) is 1. The van der Waals surface area contributed by atoms with E-state index >= 15 is 0 Å². The number of alkyl halides is 1. The van der Waals surface area contributed by atoms with E-state index in [1.807, 2.05) is 30.3 Å². The van der Waals surface area contributed by atoms with E-state index in [9.17, 15) is 9.90 Å². The highest BCUT2D eigenvalue weighted by atomic mass is 79.9. The number of esters is 1. The normalized spacial score (nSPS) is 31.6. The van der Waals surface area contributed by atoms with Crippen LogP contribution in [-0.4, -0.2) is 59.3 Å². The van der Waals surface area contributed by atoms with Crippen molar-refractivity contribution >= 4 is 21.9 Å². The van der Waals surface area contributed by atoms with E-state index in [2.05, 4.69) is 23.0 Å². The molecular weight excluding hydrogens is 394 g/mol. The van der Waals surface area contributed by atoms with Crippen molar-refractivity contribution in [2.75, 3.05) is 25.5 Å². The number of nitrogens with zero attached hydrogens (tertiary/aromatic N) is 1. The van der Waals surface area contributed by atoms with Crippen LogP contribution in [0.2, 0.25) is 0 Å². The molecule has 1 aromatic rings. The molecule has 2 heterocycles. The maximum absolute atomic E-state index is 12.7. The minimum absolute atomic E-state index is 0.000127. The number of aliphatic hydroxyl groups is 1. The summed E-state index contributed by atoms with van der Waals surface area (Å²) in [6.07, 6.45) is 6.87. The van der Waals surface area contributed by atoms with Gasteiger partial charge in [-0.2, -0.15) is 0 Å². The van der Waals surface area contributed by atoms with Crippen molar-refractivity contribution in [3.05, 3.63) is 35.9 Å². The molecule has 0 spiro atoms. The Hall–Kier alpha value is -0.910. The first-order valence-electron chi connectivity index (χ1n) is 9.85. The van der Waals surface area contributed by atoms with Crippen LogP contribution in [0, 0.1) is 0 Å². The van der Waals surface area contributed by atoms with Crippen LogP contribution in [0.4, 0.5) is 0 Å². The average Bonchev–Trinajstić information content (AvgIpc) is 2.81. The molecule has 5 heteroatoms. The first kappa shape index (κ1) is 19.8. The number of benzene rings is 1. The Morgan fingerprint density at radius 2 is 1.88 bits per heavy atom. The Bertz CT molecular complexity index is 580. The van der Waals surface area contributed by atoms with Crippen LogP contribution >= 0.6 is 15.9 Å². The second-order valence-corrected chi connectivity index (χ2v) is 8.82. The third kappa shape index (κ3) is 4.15. The fourth-order valence-electron chi connectivity index (χ4n) is 4.95. The molecule has 0 aliphatic carbocycles. The molecule has 2 bridgehead atoms. The molecule has 3 rings (SSSR count). The summed E-state index contributed by atoms with van der Waals surface area (Å²) in [5.41, 5.74) is 0.828. The van der Waals surface area contributed by atoms with Gasteiger partial charge in [0.25, 0.3) is 0 Å². The van der Waals surface area contributed by atoms with Gasteiger partial charge in [0, 0.05) is 31.0 Å². The minimum atomic E-state index is -0.574. The van der Waals surface area contributed by atoms with Gasteiger partial charge in [-0.25, -0.2) is 0 Å². The van der Waals surface area contributed by atoms with Crippen LogP contribution in [0.1, 0.15) is 50.0 Å². The smallest absolute Gasteiger partial charge is 0.316 e. The van der Waals surface area contributed by atoms with Crippen LogP contribution < -0.4 is 0 Å². The SMILES string of the molecule is C[N+]1(CCCCBr)[C@@H]2CC[C@H]1CC(OC(=O)[C@H](CO)c1ccccc1)C2. The van der Waals surface area contributed by atoms with E-state index in [4.69, 9.17) is 4.74 Å². The van der Waals surface area contributed by atoms with Gasteiger partial charge in [-0.05, 0) is 18.4 Å². The molecule has 2 unspecified atom stereocenters. The van der Waals surface area contributed by atoms with Crippen LogP contribution in [-0.2, 0) is 9.53 Å². The lowest BCUT2D eigenvalue weighted by atomic mass is 9.95. The van der Waals surface area contributed by atoms with Gasteiger partial charge in [0.05, 0.1) is 32.3 Å². The zero-order valence-corrected chi connectivity index (χ0v) is 17.2. The maximum Gasteiger partial charge on any atom is 0.316 e. The van der Waals surface area contributed by atoms with E-state index in [1.165, 1.54) is 32.2 Å². The van der Waals surface area contributed by atoms with Crippen molar-refractivity contribution in [3.63, 3.8) is 0 Å². The van der Waals surface area contributed by atoms with E-state index in [-0.39, 0.29) is 18.7 Å². The van der Waals surface area contributed by atoms with Crippen LogP contribution in [0.5, 0.6) is 0 Å². The van der Waals surface area contributed by atoms with Crippen molar-refractivity contribution in [1.29, 1.82) is 0 Å². The summed E-state index contributed by atoms with van der Waals surface area (Å²) in [7, 11) is 2.40. The van der Waals surface area contributed by atoms with Crippen molar-refractivity contribution < 1.29 is 19.1 Å².